The Hall–Kier alpha value is -2.65. The Kier molecular flexibility index (Phi) is 7.97. The van der Waals surface area contributed by atoms with Crippen molar-refractivity contribution in [2.75, 3.05) is 31.7 Å². The molecule has 0 bridgehead atoms. The predicted molar refractivity (Wildman–Crippen MR) is 135 cm³/mol. The van der Waals surface area contributed by atoms with Gasteiger partial charge in [0.15, 0.2) is 0 Å². The van der Waals surface area contributed by atoms with Gasteiger partial charge in [0, 0.05) is 31.0 Å². The largest absolute Gasteiger partial charge is 0.474 e. The van der Waals surface area contributed by atoms with E-state index < -0.39 is 15.9 Å². The fourth-order valence-corrected chi connectivity index (χ4v) is 4.95. The van der Waals surface area contributed by atoms with E-state index in [-0.39, 0.29) is 6.10 Å². The minimum atomic E-state index is -3.18. The molecular weight excluding hydrogens is 438 g/mol. The van der Waals surface area contributed by atoms with Crippen LogP contribution in [0.3, 0.4) is 0 Å². The molecule has 33 heavy (non-hydrogen) atoms. The van der Waals surface area contributed by atoms with Crippen LogP contribution in [0.2, 0.25) is 0 Å². The van der Waals surface area contributed by atoms with Gasteiger partial charge in [-0.25, -0.2) is 18.8 Å². The number of allylic oxidation sites excluding steroid dienone is 3. The van der Waals surface area contributed by atoms with Gasteiger partial charge in [-0.15, -0.1) is 0 Å². The Morgan fingerprint density at radius 3 is 2.67 bits per heavy atom. The van der Waals surface area contributed by atoms with E-state index in [4.69, 9.17) is 9.52 Å². The zero-order valence-electron chi connectivity index (χ0n) is 20.0. The molecule has 3 rings (SSSR count). The van der Waals surface area contributed by atoms with E-state index in [0.717, 1.165) is 67.5 Å². The Bertz CT molecular complexity index is 1080. The molecule has 1 heterocycles. The number of nitrogens with zero attached hydrogens (tertiary/aromatic N) is 2. The summed E-state index contributed by atoms with van der Waals surface area (Å²) in [6, 6.07) is 1.52. The molecule has 3 N–H and O–H groups in total. The minimum Gasteiger partial charge on any atom is -0.474 e. The number of ether oxygens (including phenoxy) is 1. The Morgan fingerprint density at radius 2 is 2.06 bits per heavy atom. The molecule has 1 aliphatic carbocycles. The average molecular weight is 474 g/mol. The quantitative estimate of drug-likeness (QED) is 0.313. The number of aliphatic imine (C=N–C) groups is 1. The summed E-state index contributed by atoms with van der Waals surface area (Å²) in [7, 11) is -1.08. The highest BCUT2D eigenvalue weighted by Crippen LogP contribution is 2.39. The van der Waals surface area contributed by atoms with Crippen molar-refractivity contribution < 1.29 is 13.7 Å². The van der Waals surface area contributed by atoms with Gasteiger partial charge < -0.3 is 15.0 Å². The number of anilines is 1. The van der Waals surface area contributed by atoms with E-state index in [1.807, 2.05) is 26.0 Å². The third-order valence-electron chi connectivity index (χ3n) is 6.11. The Morgan fingerprint density at radius 1 is 1.36 bits per heavy atom. The summed E-state index contributed by atoms with van der Waals surface area (Å²) in [5, 5.41) is 2.89. The van der Waals surface area contributed by atoms with Crippen molar-refractivity contribution in [1.82, 2.24) is 9.62 Å². The van der Waals surface area contributed by atoms with Crippen LogP contribution in [-0.4, -0.2) is 54.4 Å². The van der Waals surface area contributed by atoms with Crippen molar-refractivity contribution in [2.24, 2.45) is 4.99 Å². The number of nitrogens with one attached hydrogen (secondary N) is 3. The normalized spacial score (nSPS) is 19.5. The summed E-state index contributed by atoms with van der Waals surface area (Å²) in [6.07, 6.45) is 9.78. The van der Waals surface area contributed by atoms with Crippen molar-refractivity contribution in [1.29, 1.82) is 4.78 Å². The van der Waals surface area contributed by atoms with Crippen molar-refractivity contribution >= 4 is 33.9 Å². The highest BCUT2D eigenvalue weighted by atomic mass is 32.2. The Balaban J connectivity index is 1.97. The van der Waals surface area contributed by atoms with Gasteiger partial charge in [-0.3, -0.25) is 4.72 Å². The molecule has 9 heteroatoms. The standard InChI is InChI=1S/C24H35N5O3S/c1-6-17(15-21(26-3)32-19-10-12-29(4)13-11-19)22-16(2)14-18-8-7-9-20(18)23(22)27-24(30)28-33(5,25)31/h6,14-15,19H,3,7-13H2,1-2,4-5H3,(H3,25,27,28,30,31)/b17-6+,21-15+. The highest BCUT2D eigenvalue weighted by molar-refractivity contribution is 7.90. The zero-order chi connectivity index (χ0) is 24.2. The molecule has 1 aromatic carbocycles. The van der Waals surface area contributed by atoms with Crippen LogP contribution in [0.25, 0.3) is 5.57 Å². The molecule has 1 atom stereocenters. The first kappa shape index (κ1) is 25.0. The number of aryl methyl sites for hydroxylation is 2. The number of carbonyl (C=O) groups excluding carboxylic acids is 1. The molecule has 1 aliphatic heterocycles. The molecule has 2 aliphatic rings. The van der Waals surface area contributed by atoms with Crippen molar-refractivity contribution in [3.63, 3.8) is 0 Å². The Labute approximate surface area is 197 Å². The third-order valence-corrected chi connectivity index (χ3v) is 6.69. The number of fused-ring (bicyclic) bond motifs is 1. The summed E-state index contributed by atoms with van der Waals surface area (Å²) in [4.78, 5) is 19.0. The number of rotatable bonds is 7. The predicted octanol–water partition coefficient (Wildman–Crippen LogP) is 4.25. The molecule has 1 aromatic rings. The number of hydrogen-bond acceptors (Lipinski definition) is 6. The molecule has 180 valence electrons. The van der Waals surface area contributed by atoms with E-state index in [9.17, 15) is 9.00 Å². The van der Waals surface area contributed by atoms with Crippen LogP contribution in [0.4, 0.5) is 10.5 Å². The number of benzene rings is 1. The number of piperidine rings is 1. The van der Waals surface area contributed by atoms with Crippen LogP contribution in [0, 0.1) is 11.7 Å². The van der Waals surface area contributed by atoms with Gasteiger partial charge in [0.05, 0.1) is 5.69 Å². The first-order valence-corrected chi connectivity index (χ1v) is 13.3. The second-order valence-electron chi connectivity index (χ2n) is 8.84. The van der Waals surface area contributed by atoms with Crippen LogP contribution in [-0.2, 0) is 27.5 Å². The van der Waals surface area contributed by atoms with Gasteiger partial charge in [-0.05, 0) is 82.0 Å². The lowest BCUT2D eigenvalue weighted by Crippen LogP contribution is -2.34. The number of carbonyl (C=O) groups is 1. The smallest absolute Gasteiger partial charge is 0.331 e. The van der Waals surface area contributed by atoms with E-state index >= 15 is 0 Å². The summed E-state index contributed by atoms with van der Waals surface area (Å²) in [6.45, 7) is 9.61. The number of likely N-dealkylation sites (tertiary alicyclic amines) is 1. The summed E-state index contributed by atoms with van der Waals surface area (Å²) >= 11 is 0. The molecule has 0 saturated carbocycles. The second-order valence-corrected chi connectivity index (χ2v) is 10.7. The molecule has 0 radical (unpaired) electrons. The SMILES string of the molecule is C=N/C(=C\C(=C/C)c1c(C)cc2c(c1NC(=O)NS(C)(=N)=O)CCC2)OC1CCN(C)CC1. The highest BCUT2D eigenvalue weighted by Gasteiger charge is 2.24. The third kappa shape index (κ3) is 6.45. The lowest BCUT2D eigenvalue weighted by Gasteiger charge is -2.29. The van der Waals surface area contributed by atoms with E-state index in [0.29, 0.717) is 11.6 Å². The van der Waals surface area contributed by atoms with Crippen LogP contribution in [0.15, 0.2) is 29.1 Å². The first-order chi connectivity index (χ1) is 15.6. The van der Waals surface area contributed by atoms with E-state index in [2.05, 4.69) is 39.8 Å². The summed E-state index contributed by atoms with van der Waals surface area (Å²) in [5.74, 6) is 0.454. The topological polar surface area (TPSA) is 107 Å². The molecule has 1 saturated heterocycles. The van der Waals surface area contributed by atoms with E-state index in [1.54, 1.807) is 0 Å². The van der Waals surface area contributed by atoms with Gasteiger partial charge in [-0.1, -0.05) is 12.1 Å². The fourth-order valence-electron chi connectivity index (χ4n) is 4.54. The molecular formula is C24H35N5O3S. The van der Waals surface area contributed by atoms with Gasteiger partial charge >= 0.3 is 6.03 Å². The van der Waals surface area contributed by atoms with Crippen molar-refractivity contribution in [3.05, 3.63) is 46.4 Å². The second kappa shape index (κ2) is 10.5. The average Bonchev–Trinajstić information content (AvgIpc) is 3.20. The molecule has 0 spiro atoms. The summed E-state index contributed by atoms with van der Waals surface area (Å²) in [5.41, 5.74) is 5.72. The number of amides is 2. The van der Waals surface area contributed by atoms with E-state index in [1.165, 1.54) is 11.8 Å². The molecule has 1 unspecified atom stereocenters. The van der Waals surface area contributed by atoms with Gasteiger partial charge in [0.1, 0.15) is 16.0 Å². The molecule has 8 nitrogen and oxygen atoms in total. The zero-order valence-corrected chi connectivity index (χ0v) is 20.8. The number of urea groups is 1. The lowest BCUT2D eigenvalue weighted by molar-refractivity contribution is 0.0576. The van der Waals surface area contributed by atoms with Crippen molar-refractivity contribution in [2.45, 2.75) is 52.1 Å². The van der Waals surface area contributed by atoms with Gasteiger partial charge in [0.2, 0.25) is 5.88 Å². The first-order valence-electron chi connectivity index (χ1n) is 11.3. The maximum atomic E-state index is 12.6. The fraction of sp³-hybridized carbons (Fsp3) is 0.500. The minimum absolute atomic E-state index is 0.0929. The van der Waals surface area contributed by atoms with Crippen LogP contribution >= 0.6 is 0 Å². The summed E-state index contributed by atoms with van der Waals surface area (Å²) < 4.78 is 27.7. The van der Waals surface area contributed by atoms with Crippen LogP contribution in [0.5, 0.6) is 0 Å². The van der Waals surface area contributed by atoms with Crippen LogP contribution in [0.1, 0.15) is 48.4 Å². The van der Waals surface area contributed by atoms with Crippen molar-refractivity contribution in [3.8, 4) is 0 Å². The maximum absolute atomic E-state index is 12.6. The molecule has 2 amide bonds. The molecule has 0 aromatic heterocycles. The number of hydrogen-bond donors (Lipinski definition) is 3. The lowest BCUT2D eigenvalue weighted by atomic mass is 9.92. The maximum Gasteiger partial charge on any atom is 0.331 e. The van der Waals surface area contributed by atoms with Crippen LogP contribution < -0.4 is 10.0 Å². The monoisotopic (exact) mass is 473 g/mol. The van der Waals surface area contributed by atoms with Gasteiger partial charge in [-0.2, -0.15) is 0 Å². The molecule has 1 fully saturated rings. The van der Waals surface area contributed by atoms with Gasteiger partial charge in [0.25, 0.3) is 0 Å².